The standard InChI is InChI=1S/C10H16N2OS/c1-12-6-5-11-10(12)14-8-9-4-2-3-7-13-9/h5-6,9H,2-4,7-8H2,1H3. The number of ether oxygens (including phenoxy) is 1. The summed E-state index contributed by atoms with van der Waals surface area (Å²) in [6.45, 7) is 0.936. The first-order chi connectivity index (χ1) is 6.86. The summed E-state index contributed by atoms with van der Waals surface area (Å²) >= 11 is 1.79. The Bertz CT molecular complexity index is 281. The largest absolute Gasteiger partial charge is 0.377 e. The third-order valence-electron chi connectivity index (χ3n) is 2.45. The van der Waals surface area contributed by atoms with Crippen molar-refractivity contribution in [3.05, 3.63) is 12.4 Å². The summed E-state index contributed by atoms with van der Waals surface area (Å²) in [5.74, 6) is 1.03. The molecule has 0 aliphatic carbocycles. The molecule has 1 aromatic rings. The zero-order valence-electron chi connectivity index (χ0n) is 8.48. The van der Waals surface area contributed by atoms with Crippen LogP contribution in [0.3, 0.4) is 0 Å². The first kappa shape index (κ1) is 10.1. The number of aryl methyl sites for hydroxylation is 1. The van der Waals surface area contributed by atoms with Gasteiger partial charge in [0, 0.05) is 31.8 Å². The smallest absolute Gasteiger partial charge is 0.167 e. The van der Waals surface area contributed by atoms with Crippen molar-refractivity contribution in [2.45, 2.75) is 30.5 Å². The quantitative estimate of drug-likeness (QED) is 0.718. The summed E-state index contributed by atoms with van der Waals surface area (Å²) in [5, 5.41) is 1.08. The van der Waals surface area contributed by atoms with Gasteiger partial charge in [-0.15, -0.1) is 0 Å². The molecule has 0 spiro atoms. The SMILES string of the molecule is Cn1ccnc1SCC1CCCCO1. The van der Waals surface area contributed by atoms with E-state index in [-0.39, 0.29) is 0 Å². The van der Waals surface area contributed by atoms with Gasteiger partial charge in [0.1, 0.15) is 0 Å². The molecule has 1 aromatic heterocycles. The van der Waals surface area contributed by atoms with Crippen LogP contribution in [0, 0.1) is 0 Å². The fourth-order valence-corrected chi connectivity index (χ4v) is 2.60. The average molecular weight is 212 g/mol. The van der Waals surface area contributed by atoms with Crippen molar-refractivity contribution in [1.82, 2.24) is 9.55 Å². The van der Waals surface area contributed by atoms with Crippen LogP contribution in [0.1, 0.15) is 19.3 Å². The molecule has 0 amide bonds. The maximum atomic E-state index is 5.66. The molecular weight excluding hydrogens is 196 g/mol. The van der Waals surface area contributed by atoms with E-state index in [9.17, 15) is 0 Å². The van der Waals surface area contributed by atoms with Gasteiger partial charge < -0.3 is 9.30 Å². The lowest BCUT2D eigenvalue weighted by molar-refractivity contribution is 0.0315. The minimum atomic E-state index is 0.436. The van der Waals surface area contributed by atoms with Crippen LogP contribution >= 0.6 is 11.8 Å². The highest BCUT2D eigenvalue weighted by Crippen LogP contribution is 2.21. The third-order valence-corrected chi connectivity index (χ3v) is 3.64. The number of hydrogen-bond acceptors (Lipinski definition) is 3. The molecule has 14 heavy (non-hydrogen) atoms. The van der Waals surface area contributed by atoms with Gasteiger partial charge >= 0.3 is 0 Å². The van der Waals surface area contributed by atoms with Gasteiger partial charge in [0.05, 0.1) is 6.10 Å². The van der Waals surface area contributed by atoms with E-state index in [1.165, 1.54) is 19.3 Å². The van der Waals surface area contributed by atoms with Crippen LogP contribution in [0.4, 0.5) is 0 Å². The Labute approximate surface area is 88.9 Å². The molecule has 78 valence electrons. The normalized spacial score (nSPS) is 22.5. The van der Waals surface area contributed by atoms with Crippen LogP contribution < -0.4 is 0 Å². The minimum Gasteiger partial charge on any atom is -0.377 e. The van der Waals surface area contributed by atoms with E-state index in [1.54, 1.807) is 11.8 Å². The molecule has 4 heteroatoms. The van der Waals surface area contributed by atoms with E-state index >= 15 is 0 Å². The maximum Gasteiger partial charge on any atom is 0.167 e. The third kappa shape index (κ3) is 2.51. The highest BCUT2D eigenvalue weighted by Gasteiger charge is 2.14. The summed E-state index contributed by atoms with van der Waals surface area (Å²) in [7, 11) is 2.02. The summed E-state index contributed by atoms with van der Waals surface area (Å²) in [6, 6.07) is 0. The number of nitrogens with zero attached hydrogens (tertiary/aromatic N) is 2. The van der Waals surface area contributed by atoms with Gasteiger partial charge in [0.2, 0.25) is 0 Å². The van der Waals surface area contributed by atoms with Crippen LogP contribution in [0.15, 0.2) is 17.6 Å². The zero-order chi connectivity index (χ0) is 9.80. The lowest BCUT2D eigenvalue weighted by Crippen LogP contribution is -2.21. The van der Waals surface area contributed by atoms with E-state index in [0.717, 1.165) is 17.5 Å². The van der Waals surface area contributed by atoms with E-state index in [0.29, 0.717) is 6.10 Å². The average Bonchev–Trinajstić information content (AvgIpc) is 2.63. The Hall–Kier alpha value is -0.480. The second-order valence-corrected chi connectivity index (χ2v) is 4.61. The summed E-state index contributed by atoms with van der Waals surface area (Å²) in [6.07, 6.45) is 7.99. The molecule has 1 unspecified atom stereocenters. The second kappa shape index (κ2) is 4.84. The Morgan fingerprint density at radius 3 is 3.21 bits per heavy atom. The molecule has 3 nitrogen and oxygen atoms in total. The van der Waals surface area contributed by atoms with Crippen LogP contribution in [0.5, 0.6) is 0 Å². The van der Waals surface area contributed by atoms with Gasteiger partial charge in [-0.25, -0.2) is 4.98 Å². The highest BCUT2D eigenvalue weighted by atomic mass is 32.2. The van der Waals surface area contributed by atoms with Crippen molar-refractivity contribution in [3.8, 4) is 0 Å². The summed E-state index contributed by atoms with van der Waals surface area (Å²) < 4.78 is 7.71. The number of aromatic nitrogens is 2. The van der Waals surface area contributed by atoms with Crippen molar-refractivity contribution < 1.29 is 4.74 Å². The van der Waals surface area contributed by atoms with E-state index in [4.69, 9.17) is 4.74 Å². The molecule has 1 aliphatic heterocycles. The van der Waals surface area contributed by atoms with Crippen LogP contribution in [-0.2, 0) is 11.8 Å². The summed E-state index contributed by atoms with van der Waals surface area (Å²) in [5.41, 5.74) is 0. The second-order valence-electron chi connectivity index (χ2n) is 3.62. The first-order valence-corrected chi connectivity index (χ1v) is 6.06. The van der Waals surface area contributed by atoms with Crippen molar-refractivity contribution in [1.29, 1.82) is 0 Å². The zero-order valence-corrected chi connectivity index (χ0v) is 9.30. The first-order valence-electron chi connectivity index (χ1n) is 5.08. The van der Waals surface area contributed by atoms with Crippen molar-refractivity contribution in [3.63, 3.8) is 0 Å². The van der Waals surface area contributed by atoms with Crippen LogP contribution in [0.25, 0.3) is 0 Å². The van der Waals surface area contributed by atoms with E-state index in [2.05, 4.69) is 4.98 Å². The van der Waals surface area contributed by atoms with Crippen molar-refractivity contribution >= 4 is 11.8 Å². The fourth-order valence-electron chi connectivity index (χ4n) is 1.60. The fraction of sp³-hybridized carbons (Fsp3) is 0.700. The predicted molar refractivity (Wildman–Crippen MR) is 57.5 cm³/mol. The molecule has 2 heterocycles. The van der Waals surface area contributed by atoms with Gasteiger partial charge in [-0.05, 0) is 19.3 Å². The summed E-state index contributed by atoms with van der Waals surface area (Å²) in [4.78, 5) is 4.27. The number of hydrogen-bond donors (Lipinski definition) is 0. The molecule has 0 N–H and O–H groups in total. The Balaban J connectivity index is 1.79. The molecule has 1 atom stereocenters. The number of rotatable bonds is 3. The molecule has 1 saturated heterocycles. The van der Waals surface area contributed by atoms with Gasteiger partial charge in [-0.1, -0.05) is 11.8 Å². The molecule has 2 rings (SSSR count). The molecule has 1 fully saturated rings. The van der Waals surface area contributed by atoms with Crippen molar-refractivity contribution in [2.24, 2.45) is 7.05 Å². The molecule has 1 aliphatic rings. The van der Waals surface area contributed by atoms with Crippen molar-refractivity contribution in [2.75, 3.05) is 12.4 Å². The lowest BCUT2D eigenvalue weighted by atomic mass is 10.1. The Kier molecular flexibility index (Phi) is 3.48. The van der Waals surface area contributed by atoms with Gasteiger partial charge in [-0.2, -0.15) is 0 Å². The molecule has 0 aromatic carbocycles. The van der Waals surface area contributed by atoms with Crippen LogP contribution in [-0.4, -0.2) is 28.0 Å². The number of thioether (sulfide) groups is 1. The number of imidazole rings is 1. The minimum absolute atomic E-state index is 0.436. The molecule has 0 bridgehead atoms. The van der Waals surface area contributed by atoms with Gasteiger partial charge in [0.25, 0.3) is 0 Å². The molecule has 0 saturated carbocycles. The van der Waals surface area contributed by atoms with Crippen LogP contribution in [0.2, 0.25) is 0 Å². The predicted octanol–water partition coefficient (Wildman–Crippen LogP) is 2.08. The highest BCUT2D eigenvalue weighted by molar-refractivity contribution is 7.99. The Morgan fingerprint density at radius 1 is 1.64 bits per heavy atom. The lowest BCUT2D eigenvalue weighted by Gasteiger charge is -2.21. The Morgan fingerprint density at radius 2 is 2.57 bits per heavy atom. The molecular formula is C10H16N2OS. The molecule has 0 radical (unpaired) electrons. The van der Waals surface area contributed by atoms with Gasteiger partial charge in [0.15, 0.2) is 5.16 Å². The van der Waals surface area contributed by atoms with E-state index in [1.807, 2.05) is 24.0 Å². The topological polar surface area (TPSA) is 27.1 Å². The maximum absolute atomic E-state index is 5.66. The monoisotopic (exact) mass is 212 g/mol. The van der Waals surface area contributed by atoms with Gasteiger partial charge in [-0.3, -0.25) is 0 Å². The van der Waals surface area contributed by atoms with E-state index < -0.39 is 0 Å².